The van der Waals surface area contributed by atoms with E-state index in [0.717, 1.165) is 43.6 Å². The van der Waals surface area contributed by atoms with E-state index in [1.807, 2.05) is 36.1 Å². The Labute approximate surface area is 161 Å². The number of hydrogen-bond acceptors (Lipinski definition) is 5. The summed E-state index contributed by atoms with van der Waals surface area (Å²) in [4.78, 5) is 26.1. The molecule has 0 radical (unpaired) electrons. The summed E-state index contributed by atoms with van der Waals surface area (Å²) in [6.07, 6.45) is 4.02. The number of nitrogens with one attached hydrogen (secondary N) is 2. The van der Waals surface area contributed by atoms with Crippen LogP contribution >= 0.6 is 0 Å². The highest BCUT2D eigenvalue weighted by atomic mass is 16.5. The van der Waals surface area contributed by atoms with Crippen LogP contribution in [0.5, 0.6) is 5.75 Å². The first-order chi connectivity index (χ1) is 13.1. The highest BCUT2D eigenvalue weighted by Crippen LogP contribution is 2.21. The van der Waals surface area contributed by atoms with Gasteiger partial charge in [0.15, 0.2) is 0 Å². The third kappa shape index (κ3) is 7.56. The second-order valence-electron chi connectivity index (χ2n) is 6.77. The lowest BCUT2D eigenvalue weighted by molar-refractivity contribution is -0.121. The maximum absolute atomic E-state index is 12.3. The first kappa shape index (κ1) is 21.2. The third-order valence-electron chi connectivity index (χ3n) is 4.51. The summed E-state index contributed by atoms with van der Waals surface area (Å²) in [5.41, 5.74) is 0.998. The van der Waals surface area contributed by atoms with Crippen molar-refractivity contribution in [2.24, 2.45) is 0 Å². The van der Waals surface area contributed by atoms with Crippen molar-refractivity contribution in [2.45, 2.75) is 45.3 Å². The summed E-state index contributed by atoms with van der Waals surface area (Å²) >= 11 is 0. The van der Waals surface area contributed by atoms with Gasteiger partial charge in [-0.3, -0.25) is 15.0 Å². The van der Waals surface area contributed by atoms with Gasteiger partial charge in [-0.05, 0) is 25.3 Å². The zero-order chi connectivity index (χ0) is 19.5. The maximum atomic E-state index is 12.3. The normalized spacial score (nSPS) is 16.3. The first-order valence-corrected chi connectivity index (χ1v) is 9.66. The molecule has 1 aliphatic heterocycles. The molecule has 7 heteroatoms. The fourth-order valence-electron chi connectivity index (χ4n) is 3.13. The Hall–Kier alpha value is -2.12. The Morgan fingerprint density at radius 3 is 2.85 bits per heavy atom. The van der Waals surface area contributed by atoms with E-state index in [2.05, 4.69) is 10.6 Å². The Morgan fingerprint density at radius 1 is 1.33 bits per heavy atom. The summed E-state index contributed by atoms with van der Waals surface area (Å²) in [6, 6.07) is 7.31. The van der Waals surface area contributed by atoms with E-state index >= 15 is 0 Å². The van der Waals surface area contributed by atoms with Gasteiger partial charge in [-0.15, -0.1) is 0 Å². The molecule has 3 amide bonds. The molecule has 0 spiro atoms. The molecule has 2 N–H and O–H groups in total. The third-order valence-corrected chi connectivity index (χ3v) is 4.51. The van der Waals surface area contributed by atoms with Gasteiger partial charge in [0, 0.05) is 31.8 Å². The molecule has 1 atom stereocenters. The molecule has 1 saturated heterocycles. The molecule has 1 fully saturated rings. The molecule has 7 nitrogen and oxygen atoms in total. The van der Waals surface area contributed by atoms with E-state index in [4.69, 9.17) is 9.47 Å². The largest absolute Gasteiger partial charge is 0.496 e. The van der Waals surface area contributed by atoms with Crippen LogP contribution in [0.1, 0.15) is 38.2 Å². The molecule has 0 aliphatic carbocycles. The number of imide groups is 1. The number of unbranched alkanes of at least 4 members (excludes halogenated alkanes) is 1. The van der Waals surface area contributed by atoms with E-state index in [1.165, 1.54) is 0 Å². The van der Waals surface area contributed by atoms with E-state index in [-0.39, 0.29) is 18.6 Å². The molecule has 150 valence electrons. The summed E-state index contributed by atoms with van der Waals surface area (Å²) < 4.78 is 11.1. The average Bonchev–Trinajstić information content (AvgIpc) is 3.15. The van der Waals surface area contributed by atoms with Gasteiger partial charge in [0.25, 0.3) is 0 Å². The smallest absolute Gasteiger partial charge is 0.321 e. The zero-order valence-corrected chi connectivity index (χ0v) is 16.3. The number of carbonyl (C=O) groups excluding carboxylic acids is 2. The zero-order valence-electron chi connectivity index (χ0n) is 16.3. The van der Waals surface area contributed by atoms with Crippen molar-refractivity contribution in [3.8, 4) is 5.75 Å². The number of amides is 3. The molecule has 1 aromatic carbocycles. The average molecular weight is 377 g/mol. The number of rotatable bonds is 10. The number of carbonyl (C=O) groups is 2. The second kappa shape index (κ2) is 11.6. The Bertz CT molecular complexity index is 603. The standard InChI is InChI=1S/C20H31N3O4/c1-3-4-11-21-20(25)22-19(24)15-23(14-17-9-7-12-27-17)13-16-8-5-6-10-18(16)26-2/h5-6,8,10,17H,3-4,7,9,11-15H2,1-2H3,(H2,21,22,24,25). The van der Waals surface area contributed by atoms with Crippen molar-refractivity contribution in [3.05, 3.63) is 29.8 Å². The van der Waals surface area contributed by atoms with Crippen molar-refractivity contribution in [1.29, 1.82) is 0 Å². The van der Waals surface area contributed by atoms with Crippen LogP contribution in [0.15, 0.2) is 24.3 Å². The lowest BCUT2D eigenvalue weighted by Gasteiger charge is -2.25. The predicted octanol–water partition coefficient (Wildman–Crippen LogP) is 2.30. The maximum Gasteiger partial charge on any atom is 0.321 e. The number of ether oxygens (including phenoxy) is 2. The lowest BCUT2D eigenvalue weighted by atomic mass is 10.1. The van der Waals surface area contributed by atoms with Gasteiger partial charge in [0.1, 0.15) is 5.75 Å². The number of benzene rings is 1. The van der Waals surface area contributed by atoms with Crippen LogP contribution < -0.4 is 15.4 Å². The Morgan fingerprint density at radius 2 is 2.15 bits per heavy atom. The van der Waals surface area contributed by atoms with Gasteiger partial charge < -0.3 is 14.8 Å². The van der Waals surface area contributed by atoms with Crippen molar-refractivity contribution in [3.63, 3.8) is 0 Å². The minimum atomic E-state index is -0.442. The van der Waals surface area contributed by atoms with Gasteiger partial charge in [-0.2, -0.15) is 0 Å². The number of hydrogen-bond donors (Lipinski definition) is 2. The van der Waals surface area contributed by atoms with E-state index in [1.54, 1.807) is 7.11 Å². The van der Waals surface area contributed by atoms with E-state index in [9.17, 15) is 9.59 Å². The van der Waals surface area contributed by atoms with Gasteiger partial charge in [-0.25, -0.2) is 4.79 Å². The predicted molar refractivity (Wildman–Crippen MR) is 104 cm³/mol. The highest BCUT2D eigenvalue weighted by Gasteiger charge is 2.22. The summed E-state index contributed by atoms with van der Waals surface area (Å²) in [5.74, 6) is 0.462. The van der Waals surface area contributed by atoms with E-state index in [0.29, 0.717) is 19.6 Å². The molecule has 1 heterocycles. The van der Waals surface area contributed by atoms with Crippen LogP contribution in [0, 0.1) is 0 Å². The molecule has 0 bridgehead atoms. The summed E-state index contributed by atoms with van der Waals surface area (Å²) in [5, 5.41) is 5.10. The van der Waals surface area contributed by atoms with Crippen LogP contribution in [0.2, 0.25) is 0 Å². The van der Waals surface area contributed by atoms with Gasteiger partial charge in [0.05, 0.1) is 19.8 Å². The summed E-state index contributed by atoms with van der Waals surface area (Å²) in [7, 11) is 1.64. The molecule has 1 aliphatic rings. The minimum absolute atomic E-state index is 0.117. The number of methoxy groups -OCH3 is 1. The van der Waals surface area contributed by atoms with Crippen LogP contribution in [0.25, 0.3) is 0 Å². The first-order valence-electron chi connectivity index (χ1n) is 9.66. The second-order valence-corrected chi connectivity index (χ2v) is 6.77. The van der Waals surface area contributed by atoms with Gasteiger partial charge in [-0.1, -0.05) is 31.5 Å². The molecule has 27 heavy (non-hydrogen) atoms. The monoisotopic (exact) mass is 377 g/mol. The number of nitrogens with zero attached hydrogens (tertiary/aromatic N) is 1. The summed E-state index contributed by atoms with van der Waals surface area (Å²) in [6.45, 7) is 4.69. The van der Waals surface area contributed by atoms with Crippen LogP contribution in [0.3, 0.4) is 0 Å². The molecule has 0 saturated carbocycles. The molecule has 1 unspecified atom stereocenters. The fraction of sp³-hybridized carbons (Fsp3) is 0.600. The molecular weight excluding hydrogens is 346 g/mol. The SMILES string of the molecule is CCCCNC(=O)NC(=O)CN(Cc1ccccc1OC)CC1CCCO1. The molecule has 0 aromatic heterocycles. The Balaban J connectivity index is 1.94. The lowest BCUT2D eigenvalue weighted by Crippen LogP contribution is -2.46. The van der Waals surface area contributed by atoms with Gasteiger partial charge in [0.2, 0.25) is 5.91 Å². The molecular formula is C20H31N3O4. The van der Waals surface area contributed by atoms with Crippen molar-refractivity contribution in [1.82, 2.24) is 15.5 Å². The number of para-hydroxylation sites is 1. The molecule has 2 rings (SSSR count). The van der Waals surface area contributed by atoms with Gasteiger partial charge >= 0.3 is 6.03 Å². The topological polar surface area (TPSA) is 79.9 Å². The van der Waals surface area contributed by atoms with Crippen LogP contribution in [-0.4, -0.2) is 56.3 Å². The quantitative estimate of drug-likeness (QED) is 0.612. The van der Waals surface area contributed by atoms with Crippen LogP contribution in [-0.2, 0) is 16.1 Å². The van der Waals surface area contributed by atoms with Crippen LogP contribution in [0.4, 0.5) is 4.79 Å². The highest BCUT2D eigenvalue weighted by molar-refractivity contribution is 5.95. The fourth-order valence-corrected chi connectivity index (χ4v) is 3.13. The van der Waals surface area contributed by atoms with Crippen molar-refractivity contribution < 1.29 is 19.1 Å². The van der Waals surface area contributed by atoms with Crippen molar-refractivity contribution in [2.75, 3.05) is 33.4 Å². The minimum Gasteiger partial charge on any atom is -0.496 e. The van der Waals surface area contributed by atoms with Crippen molar-refractivity contribution >= 4 is 11.9 Å². The van der Waals surface area contributed by atoms with E-state index < -0.39 is 6.03 Å². The number of urea groups is 1. The molecule has 1 aromatic rings. The Kier molecular flexibility index (Phi) is 9.07.